The number of hydrogen-bond acceptors (Lipinski definition) is 11. The van der Waals surface area contributed by atoms with Gasteiger partial charge in [-0.05, 0) is 28.9 Å². The maximum atomic E-state index is 10.9. The molecule has 13 heteroatoms. The van der Waals surface area contributed by atoms with Gasteiger partial charge in [-0.25, -0.2) is 0 Å². The summed E-state index contributed by atoms with van der Waals surface area (Å²) in [5.74, 6) is 0. The summed E-state index contributed by atoms with van der Waals surface area (Å²) in [6.45, 7) is -0.823. The minimum absolute atomic E-state index is 0.150. The largest absolute Gasteiger partial charge is 0.394 e. The van der Waals surface area contributed by atoms with Gasteiger partial charge in [0.25, 0.3) is 0 Å². The summed E-state index contributed by atoms with van der Waals surface area (Å²) in [5.41, 5.74) is 0.395. The summed E-state index contributed by atoms with van der Waals surface area (Å²) in [6, 6.07) is 27.2. The first-order chi connectivity index (χ1) is 22.7. The Kier molecular flexibility index (Phi) is 12.3. The van der Waals surface area contributed by atoms with Gasteiger partial charge >= 0.3 is 0 Å². The first kappa shape index (κ1) is 35.3. The zero-order valence-corrected chi connectivity index (χ0v) is 26.4. The number of nitrogens with one attached hydrogen (secondary N) is 2. The Hall–Kier alpha value is -3.05. The standard InChI is InChI=1S/C34H42N2O10S/c37-16-24-27(43-17-21-10-4-1-5-11-21)28(44-18-22-12-6-2-7-13-22)29(45-19-23-14-8-3-9-15-23)32(46-24)36-33(47)35-30-25(39)26(40)31(41)34(30,42)20-38/h1-15,24-32,37-42H,16-20H2,(H2,35,36,47)/t24-,25-,26-,27-,28+,29-,30-,31+,32+,34+/m1/s1. The van der Waals surface area contributed by atoms with Crippen molar-refractivity contribution in [2.45, 2.75) is 80.4 Å². The quantitative estimate of drug-likeness (QED) is 0.115. The summed E-state index contributed by atoms with van der Waals surface area (Å²) >= 11 is 5.52. The molecule has 0 unspecified atom stereocenters. The monoisotopic (exact) mass is 670 g/mol. The average Bonchev–Trinajstić information content (AvgIpc) is 3.26. The Morgan fingerprint density at radius 2 is 1.15 bits per heavy atom. The zero-order valence-electron chi connectivity index (χ0n) is 25.6. The Balaban J connectivity index is 1.42. The van der Waals surface area contributed by atoms with Crippen molar-refractivity contribution in [3.05, 3.63) is 108 Å². The fourth-order valence-electron chi connectivity index (χ4n) is 5.92. The van der Waals surface area contributed by atoms with Crippen LogP contribution in [0.1, 0.15) is 16.7 Å². The molecule has 0 bridgehead atoms. The zero-order chi connectivity index (χ0) is 33.4. The Morgan fingerprint density at radius 1 is 0.681 bits per heavy atom. The van der Waals surface area contributed by atoms with Gasteiger partial charge in [-0.1, -0.05) is 91.0 Å². The van der Waals surface area contributed by atoms with E-state index >= 15 is 0 Å². The van der Waals surface area contributed by atoms with Crippen LogP contribution in [-0.4, -0.2) is 110 Å². The van der Waals surface area contributed by atoms with Crippen molar-refractivity contribution in [1.29, 1.82) is 0 Å². The van der Waals surface area contributed by atoms with E-state index in [2.05, 4.69) is 10.6 Å². The summed E-state index contributed by atoms with van der Waals surface area (Å²) in [5, 5.41) is 67.8. The fourth-order valence-corrected chi connectivity index (χ4v) is 6.17. The average molecular weight is 671 g/mol. The van der Waals surface area contributed by atoms with Gasteiger partial charge in [-0.2, -0.15) is 0 Å². The lowest BCUT2D eigenvalue weighted by Crippen LogP contribution is -2.67. The van der Waals surface area contributed by atoms with Gasteiger partial charge in [0.2, 0.25) is 0 Å². The molecule has 1 aliphatic heterocycles. The van der Waals surface area contributed by atoms with E-state index in [0.717, 1.165) is 16.7 Å². The van der Waals surface area contributed by atoms with Crippen LogP contribution in [0.2, 0.25) is 0 Å². The molecule has 0 radical (unpaired) electrons. The minimum Gasteiger partial charge on any atom is -0.394 e. The van der Waals surface area contributed by atoms with Gasteiger partial charge < -0.3 is 60.2 Å². The number of benzene rings is 3. The van der Waals surface area contributed by atoms with Gasteiger partial charge in [0.05, 0.1) is 39.1 Å². The first-order valence-corrected chi connectivity index (χ1v) is 15.8. The normalized spacial score (nSPS) is 32.2. The molecule has 1 heterocycles. The third-order valence-electron chi connectivity index (χ3n) is 8.55. The van der Waals surface area contributed by atoms with Crippen LogP contribution in [0.15, 0.2) is 91.0 Å². The Bertz CT molecular complexity index is 1390. The molecule has 0 spiro atoms. The van der Waals surface area contributed by atoms with E-state index in [9.17, 15) is 30.6 Å². The van der Waals surface area contributed by atoms with E-state index in [4.69, 9.17) is 31.2 Å². The molecule has 254 valence electrons. The highest BCUT2D eigenvalue weighted by molar-refractivity contribution is 7.80. The molecule has 47 heavy (non-hydrogen) atoms. The lowest BCUT2D eigenvalue weighted by molar-refractivity contribution is -0.272. The van der Waals surface area contributed by atoms with Crippen LogP contribution in [0.5, 0.6) is 0 Å². The van der Waals surface area contributed by atoms with Crippen LogP contribution in [0.3, 0.4) is 0 Å². The van der Waals surface area contributed by atoms with Crippen molar-refractivity contribution >= 4 is 17.3 Å². The second kappa shape index (κ2) is 16.4. The summed E-state index contributed by atoms with van der Waals surface area (Å²) in [6.07, 6.45) is -9.67. The van der Waals surface area contributed by atoms with Gasteiger partial charge in [0.15, 0.2) is 11.3 Å². The van der Waals surface area contributed by atoms with Crippen LogP contribution in [-0.2, 0) is 38.8 Å². The third-order valence-corrected chi connectivity index (χ3v) is 8.78. The molecule has 2 fully saturated rings. The summed E-state index contributed by atoms with van der Waals surface area (Å²) in [4.78, 5) is 0. The number of thiocarbonyl (C=S) groups is 1. The van der Waals surface area contributed by atoms with Crippen molar-refractivity contribution in [2.24, 2.45) is 0 Å². The summed E-state index contributed by atoms with van der Waals surface area (Å²) < 4.78 is 25.7. The number of aliphatic hydroxyl groups excluding tert-OH is 5. The number of ether oxygens (including phenoxy) is 4. The van der Waals surface area contributed by atoms with Crippen molar-refractivity contribution in [3.63, 3.8) is 0 Å². The molecule has 2 aliphatic rings. The second-order valence-electron chi connectivity index (χ2n) is 11.7. The van der Waals surface area contributed by atoms with Crippen LogP contribution < -0.4 is 10.6 Å². The van der Waals surface area contributed by atoms with Crippen LogP contribution in [0.25, 0.3) is 0 Å². The predicted octanol–water partition coefficient (Wildman–Crippen LogP) is 0.112. The lowest BCUT2D eigenvalue weighted by Gasteiger charge is -2.46. The smallest absolute Gasteiger partial charge is 0.168 e. The van der Waals surface area contributed by atoms with Crippen molar-refractivity contribution in [1.82, 2.24) is 10.6 Å². The van der Waals surface area contributed by atoms with Crippen LogP contribution in [0, 0.1) is 0 Å². The molecule has 0 amide bonds. The van der Waals surface area contributed by atoms with Gasteiger partial charge in [0, 0.05) is 0 Å². The van der Waals surface area contributed by atoms with E-state index in [1.54, 1.807) is 0 Å². The molecule has 12 nitrogen and oxygen atoms in total. The molecule has 5 rings (SSSR count). The number of aliphatic hydroxyl groups is 6. The van der Waals surface area contributed by atoms with E-state index < -0.39 is 73.8 Å². The topological polar surface area (TPSA) is 182 Å². The fraction of sp³-hybridized carbons (Fsp3) is 0.441. The SMILES string of the molecule is OC[C@H]1O[C@H](NC(=S)N[C@@H]2[C@H](O)[C@@H](O)[C@H](O)[C@]2(O)CO)[C@H](OCc2ccccc2)[C@@H](OCc2ccccc2)[C@@H]1OCc1ccccc1. The molecule has 1 aliphatic carbocycles. The van der Waals surface area contributed by atoms with Gasteiger partial charge in [-0.15, -0.1) is 0 Å². The predicted molar refractivity (Wildman–Crippen MR) is 174 cm³/mol. The van der Waals surface area contributed by atoms with E-state index in [1.807, 2.05) is 91.0 Å². The van der Waals surface area contributed by atoms with Crippen molar-refractivity contribution in [2.75, 3.05) is 13.2 Å². The maximum absolute atomic E-state index is 10.9. The molecular weight excluding hydrogens is 628 g/mol. The lowest BCUT2D eigenvalue weighted by atomic mass is 9.96. The minimum atomic E-state index is -2.30. The number of rotatable bonds is 13. The summed E-state index contributed by atoms with van der Waals surface area (Å²) in [7, 11) is 0. The van der Waals surface area contributed by atoms with Gasteiger partial charge in [0.1, 0.15) is 48.3 Å². The maximum Gasteiger partial charge on any atom is 0.168 e. The van der Waals surface area contributed by atoms with Crippen LogP contribution in [0.4, 0.5) is 0 Å². The Labute approximate surface area is 278 Å². The van der Waals surface area contributed by atoms with Crippen LogP contribution >= 0.6 is 12.2 Å². The number of hydrogen-bond donors (Lipinski definition) is 8. The molecule has 0 aromatic heterocycles. The molecule has 1 saturated heterocycles. The Morgan fingerprint density at radius 3 is 1.62 bits per heavy atom. The van der Waals surface area contributed by atoms with E-state index in [-0.39, 0.29) is 24.9 Å². The van der Waals surface area contributed by atoms with Crippen molar-refractivity contribution < 1.29 is 49.6 Å². The highest BCUT2D eigenvalue weighted by Crippen LogP contribution is 2.32. The molecule has 10 atom stereocenters. The molecule has 3 aromatic carbocycles. The highest BCUT2D eigenvalue weighted by Gasteiger charge is 2.59. The first-order valence-electron chi connectivity index (χ1n) is 15.4. The highest BCUT2D eigenvalue weighted by atomic mass is 32.1. The molecule has 1 saturated carbocycles. The van der Waals surface area contributed by atoms with Crippen molar-refractivity contribution in [3.8, 4) is 0 Å². The molecule has 3 aromatic rings. The van der Waals surface area contributed by atoms with E-state index in [1.165, 1.54) is 0 Å². The third kappa shape index (κ3) is 8.34. The van der Waals surface area contributed by atoms with E-state index in [0.29, 0.717) is 0 Å². The van der Waals surface area contributed by atoms with Gasteiger partial charge in [-0.3, -0.25) is 0 Å². The molecular formula is C34H42N2O10S. The second-order valence-corrected chi connectivity index (χ2v) is 12.1. The molecule has 8 N–H and O–H groups in total.